The molecule has 2 rings (SSSR count). The SMILES string of the molecule is COC(=O)[C@H]1CN(c2ccc(Cl)cc2)N=N1. The van der Waals surface area contributed by atoms with Crippen molar-refractivity contribution in [3.63, 3.8) is 0 Å². The van der Waals surface area contributed by atoms with E-state index in [1.165, 1.54) is 7.11 Å². The Balaban J connectivity index is 2.07. The van der Waals surface area contributed by atoms with Crippen LogP contribution in [-0.4, -0.2) is 25.7 Å². The number of carbonyl (C=O) groups is 1. The van der Waals surface area contributed by atoms with Gasteiger partial charge in [-0.1, -0.05) is 16.8 Å². The third kappa shape index (κ3) is 2.14. The van der Waals surface area contributed by atoms with E-state index in [2.05, 4.69) is 15.1 Å². The van der Waals surface area contributed by atoms with Crippen LogP contribution in [0, 0.1) is 0 Å². The summed E-state index contributed by atoms with van der Waals surface area (Å²) >= 11 is 5.77. The van der Waals surface area contributed by atoms with Crippen molar-refractivity contribution in [2.45, 2.75) is 6.04 Å². The van der Waals surface area contributed by atoms with Crippen LogP contribution in [0.3, 0.4) is 0 Å². The third-order valence-corrected chi connectivity index (χ3v) is 2.49. The Morgan fingerprint density at radius 2 is 2.19 bits per heavy atom. The van der Waals surface area contributed by atoms with Gasteiger partial charge in [-0.3, -0.25) is 0 Å². The first kappa shape index (κ1) is 10.9. The van der Waals surface area contributed by atoms with Crippen molar-refractivity contribution >= 4 is 23.3 Å². The molecule has 1 aliphatic heterocycles. The van der Waals surface area contributed by atoms with Crippen molar-refractivity contribution in [3.05, 3.63) is 29.3 Å². The van der Waals surface area contributed by atoms with Gasteiger partial charge in [0.1, 0.15) is 0 Å². The average Bonchev–Trinajstić information content (AvgIpc) is 2.78. The number of carbonyl (C=O) groups excluding carboxylic acids is 1. The fraction of sp³-hybridized carbons (Fsp3) is 0.300. The second-order valence-corrected chi connectivity index (χ2v) is 3.74. The van der Waals surface area contributed by atoms with Gasteiger partial charge in [-0.2, -0.15) is 5.11 Å². The molecular weight excluding hydrogens is 230 g/mol. The lowest BCUT2D eigenvalue weighted by molar-refractivity contribution is -0.141. The summed E-state index contributed by atoms with van der Waals surface area (Å²) in [5.74, 6) is -0.375. The number of methoxy groups -OCH3 is 1. The predicted octanol–water partition coefficient (Wildman–Crippen LogP) is 2.07. The van der Waals surface area contributed by atoms with E-state index >= 15 is 0 Å². The molecule has 0 saturated heterocycles. The predicted molar refractivity (Wildman–Crippen MR) is 59.5 cm³/mol. The van der Waals surface area contributed by atoms with Crippen LogP contribution in [0.15, 0.2) is 34.6 Å². The lowest BCUT2D eigenvalue weighted by atomic mass is 10.2. The molecule has 16 heavy (non-hydrogen) atoms. The minimum atomic E-state index is -0.541. The van der Waals surface area contributed by atoms with Gasteiger partial charge in [0.2, 0.25) is 0 Å². The molecule has 0 spiro atoms. The van der Waals surface area contributed by atoms with Gasteiger partial charge in [-0.05, 0) is 24.3 Å². The van der Waals surface area contributed by atoms with Crippen LogP contribution in [0.2, 0.25) is 5.02 Å². The van der Waals surface area contributed by atoms with Crippen LogP contribution in [0.5, 0.6) is 0 Å². The molecule has 84 valence electrons. The highest BCUT2D eigenvalue weighted by atomic mass is 35.5. The highest BCUT2D eigenvalue weighted by Crippen LogP contribution is 2.22. The smallest absolute Gasteiger partial charge is 0.334 e. The van der Waals surface area contributed by atoms with Crippen LogP contribution < -0.4 is 5.01 Å². The maximum absolute atomic E-state index is 11.2. The molecule has 1 aromatic rings. The van der Waals surface area contributed by atoms with Gasteiger partial charge < -0.3 is 4.74 Å². The van der Waals surface area contributed by atoms with Gasteiger partial charge in [0.05, 0.1) is 19.3 Å². The first-order chi connectivity index (χ1) is 7.70. The molecule has 0 unspecified atom stereocenters. The van der Waals surface area contributed by atoms with E-state index in [4.69, 9.17) is 11.6 Å². The lowest BCUT2D eigenvalue weighted by Gasteiger charge is -2.12. The summed E-state index contributed by atoms with van der Waals surface area (Å²) in [7, 11) is 1.34. The minimum Gasteiger partial charge on any atom is -0.467 e. The Labute approximate surface area is 97.6 Å². The van der Waals surface area contributed by atoms with Crippen LogP contribution in [-0.2, 0) is 9.53 Å². The molecule has 0 bridgehead atoms. The zero-order valence-electron chi connectivity index (χ0n) is 8.63. The van der Waals surface area contributed by atoms with Gasteiger partial charge in [-0.25, -0.2) is 9.80 Å². The highest BCUT2D eigenvalue weighted by Gasteiger charge is 2.27. The van der Waals surface area contributed by atoms with E-state index in [9.17, 15) is 4.79 Å². The average molecular weight is 240 g/mol. The van der Waals surface area contributed by atoms with Crippen molar-refractivity contribution in [1.82, 2.24) is 0 Å². The van der Waals surface area contributed by atoms with E-state index in [-0.39, 0.29) is 5.97 Å². The topological polar surface area (TPSA) is 54.3 Å². The van der Waals surface area contributed by atoms with Crippen molar-refractivity contribution in [3.8, 4) is 0 Å². The molecule has 0 amide bonds. The number of halogens is 1. The van der Waals surface area contributed by atoms with Crippen molar-refractivity contribution < 1.29 is 9.53 Å². The summed E-state index contributed by atoms with van der Waals surface area (Å²) in [5.41, 5.74) is 0.847. The van der Waals surface area contributed by atoms with Gasteiger partial charge >= 0.3 is 5.97 Å². The first-order valence-electron chi connectivity index (χ1n) is 4.72. The number of rotatable bonds is 2. The Hall–Kier alpha value is -1.62. The summed E-state index contributed by atoms with van der Waals surface area (Å²) in [4.78, 5) is 11.2. The molecule has 0 aromatic heterocycles. The molecule has 1 aliphatic rings. The normalized spacial score (nSPS) is 18.9. The molecular formula is C10H10ClN3O2. The summed E-state index contributed by atoms with van der Waals surface area (Å²) < 4.78 is 4.60. The van der Waals surface area contributed by atoms with Crippen molar-refractivity contribution in [2.75, 3.05) is 18.7 Å². The van der Waals surface area contributed by atoms with Crippen LogP contribution in [0.25, 0.3) is 0 Å². The lowest BCUT2D eigenvalue weighted by Crippen LogP contribution is -2.27. The van der Waals surface area contributed by atoms with E-state index < -0.39 is 6.04 Å². The molecule has 1 aromatic carbocycles. The second kappa shape index (κ2) is 4.49. The molecule has 0 aliphatic carbocycles. The fourth-order valence-electron chi connectivity index (χ4n) is 1.39. The number of nitrogens with zero attached hydrogens (tertiary/aromatic N) is 3. The van der Waals surface area contributed by atoms with Gasteiger partial charge in [-0.15, -0.1) is 0 Å². The van der Waals surface area contributed by atoms with Gasteiger partial charge in [0, 0.05) is 5.02 Å². The summed E-state index contributed by atoms with van der Waals surface area (Å²) in [6.45, 7) is 0.397. The van der Waals surface area contributed by atoms with Crippen molar-refractivity contribution in [2.24, 2.45) is 10.3 Å². The largest absolute Gasteiger partial charge is 0.467 e. The number of hydrogen-bond acceptors (Lipinski definition) is 5. The number of hydrogen-bond donors (Lipinski definition) is 0. The Morgan fingerprint density at radius 3 is 2.81 bits per heavy atom. The maximum atomic E-state index is 11.2. The molecule has 0 radical (unpaired) electrons. The molecule has 1 atom stereocenters. The Morgan fingerprint density at radius 1 is 1.50 bits per heavy atom. The minimum absolute atomic E-state index is 0.375. The Kier molecular flexibility index (Phi) is 3.05. The summed E-state index contributed by atoms with van der Waals surface area (Å²) in [6, 6.07) is 6.62. The van der Waals surface area contributed by atoms with E-state index in [0.29, 0.717) is 11.6 Å². The molecule has 0 N–H and O–H groups in total. The van der Waals surface area contributed by atoms with Crippen LogP contribution >= 0.6 is 11.6 Å². The monoisotopic (exact) mass is 239 g/mol. The van der Waals surface area contributed by atoms with Crippen LogP contribution in [0.4, 0.5) is 5.69 Å². The Bertz CT molecular complexity index is 419. The standard InChI is InChI=1S/C10H10ClN3O2/c1-16-10(15)9-6-14(13-12-9)8-4-2-7(11)3-5-8/h2-5,9H,6H2,1H3/t9-/m1/s1. The van der Waals surface area contributed by atoms with E-state index in [1.807, 2.05) is 12.1 Å². The van der Waals surface area contributed by atoms with Gasteiger partial charge in [0.15, 0.2) is 6.04 Å². The molecule has 5 nitrogen and oxygen atoms in total. The van der Waals surface area contributed by atoms with Gasteiger partial charge in [0.25, 0.3) is 0 Å². The molecule has 0 saturated carbocycles. The number of ether oxygens (including phenoxy) is 1. The highest BCUT2D eigenvalue weighted by molar-refractivity contribution is 6.30. The molecule has 0 fully saturated rings. The van der Waals surface area contributed by atoms with E-state index in [0.717, 1.165) is 5.69 Å². The summed E-state index contributed by atoms with van der Waals surface area (Å²) in [6.07, 6.45) is 0. The maximum Gasteiger partial charge on any atom is 0.334 e. The van der Waals surface area contributed by atoms with Crippen LogP contribution in [0.1, 0.15) is 0 Å². The van der Waals surface area contributed by atoms with Crippen molar-refractivity contribution in [1.29, 1.82) is 0 Å². The number of esters is 1. The van der Waals surface area contributed by atoms with E-state index in [1.54, 1.807) is 17.1 Å². The summed E-state index contributed by atoms with van der Waals surface area (Å²) in [5, 5.41) is 10.0. The quantitative estimate of drug-likeness (QED) is 0.743. The molecule has 6 heteroatoms. The number of benzene rings is 1. The third-order valence-electron chi connectivity index (χ3n) is 2.24. The second-order valence-electron chi connectivity index (χ2n) is 3.30. The fourth-order valence-corrected chi connectivity index (χ4v) is 1.52. The number of anilines is 1. The first-order valence-corrected chi connectivity index (χ1v) is 5.10. The zero-order valence-corrected chi connectivity index (χ0v) is 9.39. The molecule has 1 heterocycles. The zero-order chi connectivity index (χ0) is 11.5.